The summed E-state index contributed by atoms with van der Waals surface area (Å²) in [6, 6.07) is 0. The summed E-state index contributed by atoms with van der Waals surface area (Å²) in [6.07, 6.45) is -0.547. The first-order valence-corrected chi connectivity index (χ1v) is 5.29. The van der Waals surface area contributed by atoms with E-state index in [-0.39, 0.29) is 59.9 Å². The van der Waals surface area contributed by atoms with Crippen LogP contribution < -0.4 is 10.2 Å². The number of carbonyl (C=O) groups excluding carboxylic acids is 2. The third-order valence-corrected chi connectivity index (χ3v) is 1.86. The predicted molar refractivity (Wildman–Crippen MR) is 67.8 cm³/mol. The fourth-order valence-corrected chi connectivity index (χ4v) is 0.720. The van der Waals surface area contributed by atoms with Crippen LogP contribution in [-0.2, 0) is 19.2 Å². The number of hydrogen-bond donors (Lipinski definition) is 2. The van der Waals surface area contributed by atoms with Crippen molar-refractivity contribution in [3.63, 3.8) is 0 Å². The van der Waals surface area contributed by atoms with Crippen LogP contribution in [0.25, 0.3) is 0 Å². The topological polar surface area (TPSA) is 155 Å². The van der Waals surface area contributed by atoms with Crippen LogP contribution in [0, 0.1) is 0 Å². The van der Waals surface area contributed by atoms with Crippen molar-refractivity contribution < 1.29 is 39.6 Å². The van der Waals surface area contributed by atoms with Gasteiger partial charge >= 0.3 is 35.0 Å². The summed E-state index contributed by atoms with van der Waals surface area (Å²) in [5.74, 6) is -4.85. The molecule has 0 rings (SSSR count). The molecule has 0 bridgehead atoms. The van der Waals surface area contributed by atoms with Crippen molar-refractivity contribution in [2.24, 2.45) is 0 Å². The number of carboxylic acids is 4. The zero-order chi connectivity index (χ0) is 16.3. The molecular formula is C12H14MgO8. The van der Waals surface area contributed by atoms with Crippen LogP contribution in [0.4, 0.5) is 0 Å². The van der Waals surface area contributed by atoms with E-state index in [0.717, 1.165) is 0 Å². The molecule has 2 N–H and O–H groups in total. The summed E-state index contributed by atoms with van der Waals surface area (Å²) >= 11 is 0. The summed E-state index contributed by atoms with van der Waals surface area (Å²) in [5, 5.41) is 36.0. The molecule has 0 atom stereocenters. The largest absolute Gasteiger partial charge is 2.00 e. The molecule has 0 aliphatic heterocycles. The minimum Gasteiger partial charge on any atom is -0.545 e. The van der Waals surface area contributed by atoms with E-state index >= 15 is 0 Å². The Bertz CT molecular complexity index is 387. The summed E-state index contributed by atoms with van der Waals surface area (Å²) in [7, 11) is 0. The van der Waals surface area contributed by atoms with E-state index in [1.807, 2.05) is 0 Å². The van der Waals surface area contributed by atoms with Crippen molar-refractivity contribution in [1.82, 2.24) is 0 Å². The van der Waals surface area contributed by atoms with Crippen LogP contribution in [-0.4, -0.2) is 57.1 Å². The third-order valence-electron chi connectivity index (χ3n) is 1.86. The van der Waals surface area contributed by atoms with Gasteiger partial charge in [-0.3, -0.25) is 9.59 Å². The first-order chi connectivity index (χ1) is 9.07. The second-order valence-corrected chi connectivity index (χ2v) is 3.57. The molecule has 21 heavy (non-hydrogen) atoms. The zero-order valence-electron chi connectivity index (χ0n) is 11.3. The fourth-order valence-electron chi connectivity index (χ4n) is 0.720. The molecule has 0 radical (unpaired) electrons. The van der Waals surface area contributed by atoms with E-state index in [4.69, 9.17) is 10.2 Å². The molecule has 0 unspecified atom stereocenters. The second-order valence-electron chi connectivity index (χ2n) is 3.57. The molecule has 0 aromatic heterocycles. The van der Waals surface area contributed by atoms with Crippen LogP contribution in [0.5, 0.6) is 0 Å². The van der Waals surface area contributed by atoms with Crippen LogP contribution in [0.2, 0.25) is 0 Å². The number of carboxylic acid groups (broad SMARTS) is 4. The Balaban J connectivity index is -0.000000295. The maximum absolute atomic E-state index is 9.91. The number of rotatable bonds is 8. The van der Waals surface area contributed by atoms with Gasteiger partial charge in [-0.15, -0.1) is 0 Å². The van der Waals surface area contributed by atoms with Gasteiger partial charge in [0.2, 0.25) is 0 Å². The van der Waals surface area contributed by atoms with Crippen molar-refractivity contribution in [1.29, 1.82) is 0 Å². The van der Waals surface area contributed by atoms with Gasteiger partial charge < -0.3 is 30.0 Å². The molecule has 112 valence electrons. The Kier molecular flexibility index (Phi) is 15.1. The van der Waals surface area contributed by atoms with Gasteiger partial charge in [-0.2, -0.15) is 0 Å². The molecule has 0 saturated heterocycles. The van der Waals surface area contributed by atoms with Crippen molar-refractivity contribution in [3.8, 4) is 0 Å². The molecule has 0 aromatic carbocycles. The molecule has 0 aliphatic rings. The number of hydrogen-bond acceptors (Lipinski definition) is 6. The van der Waals surface area contributed by atoms with Gasteiger partial charge in [0.15, 0.2) is 0 Å². The monoisotopic (exact) mass is 310 g/mol. The molecule has 0 saturated carbocycles. The Morgan fingerprint density at radius 1 is 0.714 bits per heavy atom. The third kappa shape index (κ3) is 18.1. The summed E-state index contributed by atoms with van der Waals surface area (Å²) in [4.78, 5) is 39.6. The summed E-state index contributed by atoms with van der Waals surface area (Å²) in [5.41, 5.74) is -0.357. The number of carbonyl (C=O) groups is 4. The zero-order valence-corrected chi connectivity index (χ0v) is 12.7. The van der Waals surface area contributed by atoms with Gasteiger partial charge in [0, 0.05) is 12.8 Å². The average molecular weight is 311 g/mol. The van der Waals surface area contributed by atoms with Crippen LogP contribution in [0.15, 0.2) is 24.3 Å². The van der Waals surface area contributed by atoms with Gasteiger partial charge in [0.25, 0.3) is 0 Å². The molecule has 0 aliphatic carbocycles. The first kappa shape index (κ1) is 24.2. The van der Waals surface area contributed by atoms with E-state index in [0.29, 0.717) is 0 Å². The minimum atomic E-state index is -1.39. The Labute approximate surface area is 136 Å². The van der Waals surface area contributed by atoms with E-state index in [9.17, 15) is 29.4 Å². The Morgan fingerprint density at radius 2 is 0.952 bits per heavy atom. The Hall–Kier alpha value is -1.87. The summed E-state index contributed by atoms with van der Waals surface area (Å²) < 4.78 is 0. The summed E-state index contributed by atoms with van der Waals surface area (Å²) in [6.45, 7) is 6.20. The molecule has 0 amide bonds. The average Bonchev–Trinajstić information content (AvgIpc) is 2.33. The van der Waals surface area contributed by atoms with Gasteiger partial charge in [-0.05, 0) is 24.0 Å². The van der Waals surface area contributed by atoms with Crippen molar-refractivity contribution in [3.05, 3.63) is 24.3 Å². The maximum Gasteiger partial charge on any atom is 2.00 e. The molecule has 9 heteroatoms. The van der Waals surface area contributed by atoms with Crippen molar-refractivity contribution in [2.75, 3.05) is 0 Å². The van der Waals surface area contributed by atoms with Gasteiger partial charge in [-0.1, -0.05) is 13.2 Å². The van der Waals surface area contributed by atoms with Crippen molar-refractivity contribution in [2.45, 2.75) is 25.7 Å². The normalized spacial score (nSPS) is 8.38. The van der Waals surface area contributed by atoms with E-state index in [1.54, 1.807) is 0 Å². The van der Waals surface area contributed by atoms with Gasteiger partial charge in [0.05, 0.1) is 11.9 Å². The van der Waals surface area contributed by atoms with Crippen molar-refractivity contribution >= 4 is 46.9 Å². The van der Waals surface area contributed by atoms with Gasteiger partial charge in [-0.25, -0.2) is 0 Å². The fraction of sp³-hybridized carbons (Fsp3) is 0.333. The molecule has 0 spiro atoms. The quantitative estimate of drug-likeness (QED) is 0.383. The molecule has 8 nitrogen and oxygen atoms in total. The SMILES string of the molecule is C=C(CCC(=O)O)C(=O)[O-].C=C(CCC(=O)O)C(=O)[O-].[Mg+2]. The Morgan fingerprint density at radius 3 is 1.10 bits per heavy atom. The van der Waals surface area contributed by atoms with Crippen LogP contribution in [0.1, 0.15) is 25.7 Å². The number of aliphatic carboxylic acids is 4. The molecule has 0 fully saturated rings. The van der Waals surface area contributed by atoms with E-state index < -0.39 is 23.9 Å². The molecule has 0 heterocycles. The van der Waals surface area contributed by atoms with Crippen LogP contribution >= 0.6 is 0 Å². The molecule has 0 aromatic rings. The minimum absolute atomic E-state index is 0. The predicted octanol–water partition coefficient (Wildman–Crippen LogP) is -2.07. The standard InChI is InChI=1S/2C6H8O4.Mg/c2*1-4(6(9)10)2-3-5(7)8;/h2*1-3H2,(H,7,8)(H,9,10);/q;;+2/p-2. The smallest absolute Gasteiger partial charge is 0.545 e. The van der Waals surface area contributed by atoms with E-state index in [2.05, 4.69) is 13.2 Å². The molecular weight excluding hydrogens is 296 g/mol. The second kappa shape index (κ2) is 13.1. The van der Waals surface area contributed by atoms with E-state index in [1.165, 1.54) is 0 Å². The van der Waals surface area contributed by atoms with Gasteiger partial charge in [0.1, 0.15) is 0 Å². The van der Waals surface area contributed by atoms with Crippen LogP contribution in [0.3, 0.4) is 0 Å². The maximum atomic E-state index is 9.91. The first-order valence-electron chi connectivity index (χ1n) is 5.29.